The number of nitrogens with one attached hydrogen (secondary N) is 2. The third-order valence-electron chi connectivity index (χ3n) is 6.42. The van der Waals surface area contributed by atoms with Crippen molar-refractivity contribution >= 4 is 29.2 Å². The molecular formula is C22H22N4O4. The first-order valence-electron chi connectivity index (χ1n) is 9.93. The third kappa shape index (κ3) is 2.63. The molecule has 3 heterocycles. The molecule has 2 fully saturated rings. The second kappa shape index (κ2) is 6.76. The molecule has 2 N–H and O–H groups in total. The summed E-state index contributed by atoms with van der Waals surface area (Å²) in [6.07, 6.45) is 0.256. The molecule has 0 aromatic heterocycles. The molecule has 5 rings (SSSR count). The number of carbonyl (C=O) groups excluding carboxylic acids is 3. The molecule has 8 nitrogen and oxygen atoms in total. The minimum absolute atomic E-state index is 0.256. The molecule has 0 saturated carbocycles. The number of anilines is 2. The molecule has 4 amide bonds. The molecule has 0 aliphatic carbocycles. The number of piperazine rings is 1. The summed E-state index contributed by atoms with van der Waals surface area (Å²) in [5.74, 6) is -0.292. The van der Waals surface area contributed by atoms with Crippen molar-refractivity contribution in [3.63, 3.8) is 0 Å². The van der Waals surface area contributed by atoms with Gasteiger partial charge in [-0.05, 0) is 42.3 Å². The number of imide groups is 2. The molecule has 0 bridgehead atoms. The summed E-state index contributed by atoms with van der Waals surface area (Å²) >= 11 is 0. The van der Waals surface area contributed by atoms with Crippen molar-refractivity contribution in [2.75, 3.05) is 36.5 Å². The number of carbonyl (C=O) groups is 3. The summed E-state index contributed by atoms with van der Waals surface area (Å²) in [5, 5.41) is 4.66. The topological polar surface area (TPSA) is 91.0 Å². The van der Waals surface area contributed by atoms with Gasteiger partial charge in [-0.25, -0.2) is 4.79 Å². The number of para-hydroxylation sites is 1. The maximum absolute atomic E-state index is 13.1. The van der Waals surface area contributed by atoms with Crippen LogP contribution in [0, 0.1) is 5.41 Å². The van der Waals surface area contributed by atoms with Crippen molar-refractivity contribution in [3.8, 4) is 5.75 Å². The number of urea groups is 1. The molecule has 2 saturated heterocycles. The maximum Gasteiger partial charge on any atom is 0.328 e. The normalized spacial score (nSPS) is 22.2. The second-order valence-electron chi connectivity index (χ2n) is 7.87. The Labute approximate surface area is 173 Å². The van der Waals surface area contributed by atoms with Gasteiger partial charge in [-0.3, -0.25) is 20.2 Å². The number of nitrogens with zero attached hydrogens (tertiary/aromatic N) is 2. The Morgan fingerprint density at radius 2 is 1.67 bits per heavy atom. The van der Waals surface area contributed by atoms with Crippen molar-refractivity contribution in [1.82, 2.24) is 10.6 Å². The van der Waals surface area contributed by atoms with Crippen molar-refractivity contribution in [2.45, 2.75) is 12.5 Å². The number of amides is 4. The number of benzene rings is 2. The summed E-state index contributed by atoms with van der Waals surface area (Å²) in [7, 11) is 1.62. The van der Waals surface area contributed by atoms with Crippen LogP contribution in [0.1, 0.15) is 5.56 Å². The van der Waals surface area contributed by atoms with E-state index in [4.69, 9.17) is 4.74 Å². The quantitative estimate of drug-likeness (QED) is 0.731. The van der Waals surface area contributed by atoms with E-state index in [1.807, 2.05) is 48.5 Å². The molecule has 3 aliphatic rings. The first-order valence-corrected chi connectivity index (χ1v) is 9.93. The summed E-state index contributed by atoms with van der Waals surface area (Å²) in [6, 6.07) is 14.4. The number of barbiturate groups is 1. The van der Waals surface area contributed by atoms with E-state index in [0.717, 1.165) is 29.2 Å². The highest BCUT2D eigenvalue weighted by atomic mass is 16.5. The van der Waals surface area contributed by atoms with Crippen molar-refractivity contribution in [3.05, 3.63) is 54.1 Å². The molecular weight excluding hydrogens is 384 g/mol. The van der Waals surface area contributed by atoms with Gasteiger partial charge in [0.15, 0.2) is 5.41 Å². The number of ether oxygens (including phenoxy) is 1. The van der Waals surface area contributed by atoms with Gasteiger partial charge >= 0.3 is 6.03 Å². The van der Waals surface area contributed by atoms with E-state index in [0.29, 0.717) is 13.1 Å². The van der Waals surface area contributed by atoms with Gasteiger partial charge in [-0.15, -0.1) is 0 Å². The third-order valence-corrected chi connectivity index (χ3v) is 6.42. The Morgan fingerprint density at radius 1 is 0.967 bits per heavy atom. The monoisotopic (exact) mass is 406 g/mol. The Bertz CT molecular complexity index is 1020. The van der Waals surface area contributed by atoms with Crippen LogP contribution < -0.4 is 25.2 Å². The average Bonchev–Trinajstić information content (AvgIpc) is 2.77. The lowest BCUT2D eigenvalue weighted by molar-refractivity contribution is -0.146. The number of rotatable bonds is 2. The van der Waals surface area contributed by atoms with Crippen molar-refractivity contribution in [2.24, 2.45) is 5.41 Å². The zero-order chi connectivity index (χ0) is 20.9. The van der Waals surface area contributed by atoms with Gasteiger partial charge < -0.3 is 14.5 Å². The van der Waals surface area contributed by atoms with Crippen molar-refractivity contribution in [1.29, 1.82) is 0 Å². The fourth-order valence-electron chi connectivity index (χ4n) is 4.91. The maximum atomic E-state index is 13.1. The fourth-order valence-corrected chi connectivity index (χ4v) is 4.91. The van der Waals surface area contributed by atoms with E-state index in [-0.39, 0.29) is 6.42 Å². The molecule has 2 aromatic rings. The van der Waals surface area contributed by atoms with Crippen LogP contribution in [-0.4, -0.2) is 50.6 Å². The minimum atomic E-state index is -1.37. The SMILES string of the molecule is COc1ccc(N2CCN3c4ccccc4CC4(C(=O)NC(=O)NC4=O)[C@@H]3C2)cc1. The number of hydrogen-bond donors (Lipinski definition) is 2. The average molecular weight is 406 g/mol. The van der Waals surface area contributed by atoms with Crippen molar-refractivity contribution < 1.29 is 19.1 Å². The lowest BCUT2D eigenvalue weighted by Gasteiger charge is -2.54. The molecule has 0 unspecified atom stereocenters. The number of hydrogen-bond acceptors (Lipinski definition) is 6. The van der Waals surface area contributed by atoms with Gasteiger partial charge in [-0.1, -0.05) is 18.2 Å². The Balaban J connectivity index is 1.57. The highest BCUT2D eigenvalue weighted by Crippen LogP contribution is 2.44. The van der Waals surface area contributed by atoms with Gasteiger partial charge in [0.2, 0.25) is 11.8 Å². The zero-order valence-corrected chi connectivity index (χ0v) is 16.6. The van der Waals surface area contributed by atoms with E-state index in [1.54, 1.807) is 7.11 Å². The number of fused-ring (bicyclic) bond motifs is 4. The van der Waals surface area contributed by atoms with Crippen LogP contribution in [0.15, 0.2) is 48.5 Å². The highest BCUT2D eigenvalue weighted by molar-refractivity contribution is 6.20. The van der Waals surface area contributed by atoms with E-state index in [9.17, 15) is 14.4 Å². The lowest BCUT2D eigenvalue weighted by atomic mass is 9.68. The van der Waals surface area contributed by atoms with Gasteiger partial charge in [-0.2, -0.15) is 0 Å². The van der Waals surface area contributed by atoms with E-state index in [2.05, 4.69) is 20.4 Å². The minimum Gasteiger partial charge on any atom is -0.497 e. The summed E-state index contributed by atoms with van der Waals surface area (Å²) in [6.45, 7) is 1.88. The lowest BCUT2D eigenvalue weighted by Crippen LogP contribution is -2.74. The van der Waals surface area contributed by atoms with Crippen LogP contribution in [0.3, 0.4) is 0 Å². The Kier molecular flexibility index (Phi) is 4.16. The number of methoxy groups -OCH3 is 1. The molecule has 30 heavy (non-hydrogen) atoms. The van der Waals surface area contributed by atoms with Crippen LogP contribution >= 0.6 is 0 Å². The van der Waals surface area contributed by atoms with E-state index >= 15 is 0 Å². The van der Waals surface area contributed by atoms with Gasteiger partial charge in [0.25, 0.3) is 0 Å². The Morgan fingerprint density at radius 3 is 2.37 bits per heavy atom. The molecule has 154 valence electrons. The second-order valence-corrected chi connectivity index (χ2v) is 7.87. The smallest absolute Gasteiger partial charge is 0.328 e. The summed E-state index contributed by atoms with van der Waals surface area (Å²) in [5.41, 5.74) is 1.61. The largest absolute Gasteiger partial charge is 0.497 e. The van der Waals surface area contributed by atoms with Crippen LogP contribution in [0.4, 0.5) is 16.2 Å². The molecule has 2 aromatic carbocycles. The van der Waals surface area contributed by atoms with Crippen LogP contribution in [0.5, 0.6) is 5.75 Å². The van der Waals surface area contributed by atoms with Crippen LogP contribution in [0.2, 0.25) is 0 Å². The Hall–Kier alpha value is -3.55. The van der Waals surface area contributed by atoms with Gasteiger partial charge in [0, 0.05) is 31.0 Å². The molecule has 1 atom stereocenters. The molecule has 3 aliphatic heterocycles. The standard InChI is InChI=1S/C22H22N4O4/c1-30-16-8-6-15(7-9-16)25-10-11-26-17-5-3-2-4-14(17)12-22(18(26)13-25)19(27)23-21(29)24-20(22)28/h2-9,18H,10-13H2,1H3,(H2,23,24,27,28,29)/t18-/m0/s1. The van der Waals surface area contributed by atoms with E-state index < -0.39 is 29.3 Å². The predicted molar refractivity (Wildman–Crippen MR) is 111 cm³/mol. The predicted octanol–water partition coefficient (Wildman–Crippen LogP) is 1.30. The highest BCUT2D eigenvalue weighted by Gasteiger charge is 2.60. The molecule has 0 radical (unpaired) electrons. The summed E-state index contributed by atoms with van der Waals surface area (Å²) in [4.78, 5) is 42.3. The fraction of sp³-hybridized carbons (Fsp3) is 0.318. The van der Waals surface area contributed by atoms with Gasteiger partial charge in [0.05, 0.1) is 13.2 Å². The zero-order valence-electron chi connectivity index (χ0n) is 16.6. The van der Waals surface area contributed by atoms with E-state index in [1.165, 1.54) is 0 Å². The molecule has 8 heteroatoms. The molecule has 1 spiro atoms. The first kappa shape index (κ1) is 18.5. The first-order chi connectivity index (χ1) is 14.5. The summed E-state index contributed by atoms with van der Waals surface area (Å²) < 4.78 is 5.25. The van der Waals surface area contributed by atoms with Crippen LogP contribution in [-0.2, 0) is 16.0 Å². The van der Waals surface area contributed by atoms with Gasteiger partial charge in [0.1, 0.15) is 5.75 Å². The van der Waals surface area contributed by atoms with Crippen LogP contribution in [0.25, 0.3) is 0 Å².